The number of rotatable bonds is 3. The van der Waals surface area contributed by atoms with Crippen LogP contribution in [0.4, 0.5) is 13.2 Å². The molecule has 7 heteroatoms. The van der Waals surface area contributed by atoms with Crippen LogP contribution in [0, 0.1) is 13.8 Å². The normalized spacial score (nSPS) is 12.0. The Hall–Kier alpha value is -1.53. The lowest BCUT2D eigenvalue weighted by Gasteiger charge is -2.15. The summed E-state index contributed by atoms with van der Waals surface area (Å²) in [6, 6.07) is 4.15. The van der Waals surface area contributed by atoms with Crippen LogP contribution in [0.25, 0.3) is 5.69 Å². The maximum atomic E-state index is 13.3. The molecule has 0 bridgehead atoms. The summed E-state index contributed by atoms with van der Waals surface area (Å²) < 4.78 is 41.1. The first-order valence-corrected chi connectivity index (χ1v) is 6.75. The molecule has 2 aromatic rings. The number of benzene rings is 1. The molecule has 2 rings (SSSR count). The monoisotopic (exact) mass is 317 g/mol. The average molecular weight is 318 g/mol. The van der Waals surface area contributed by atoms with Crippen molar-refractivity contribution in [3.63, 3.8) is 0 Å². The molecule has 0 aliphatic rings. The van der Waals surface area contributed by atoms with Crippen LogP contribution in [0.2, 0.25) is 5.02 Å². The number of hydrogen-bond donors (Lipinski definition) is 1. The van der Waals surface area contributed by atoms with Crippen molar-refractivity contribution in [1.82, 2.24) is 9.78 Å². The molecular weight excluding hydrogens is 303 g/mol. The summed E-state index contributed by atoms with van der Waals surface area (Å²) in [4.78, 5) is 0. The first-order valence-electron chi connectivity index (χ1n) is 6.38. The van der Waals surface area contributed by atoms with E-state index >= 15 is 0 Å². The van der Waals surface area contributed by atoms with Gasteiger partial charge in [-0.2, -0.15) is 18.3 Å². The van der Waals surface area contributed by atoms with E-state index in [9.17, 15) is 13.2 Å². The average Bonchev–Trinajstić information content (AvgIpc) is 2.66. The summed E-state index contributed by atoms with van der Waals surface area (Å²) in [5.41, 5.74) is 6.14. The van der Waals surface area contributed by atoms with E-state index in [2.05, 4.69) is 5.10 Å². The maximum Gasteiger partial charge on any atom is 0.418 e. The largest absolute Gasteiger partial charge is 0.418 e. The van der Waals surface area contributed by atoms with E-state index < -0.39 is 11.7 Å². The fourth-order valence-electron chi connectivity index (χ4n) is 2.18. The van der Waals surface area contributed by atoms with E-state index in [1.54, 1.807) is 19.9 Å². The van der Waals surface area contributed by atoms with Gasteiger partial charge in [0.2, 0.25) is 0 Å². The van der Waals surface area contributed by atoms with Crippen molar-refractivity contribution in [3.05, 3.63) is 45.7 Å². The van der Waals surface area contributed by atoms with Crippen LogP contribution in [-0.2, 0) is 12.6 Å². The Kier molecular flexibility index (Phi) is 4.30. The zero-order chi connectivity index (χ0) is 15.8. The van der Waals surface area contributed by atoms with Gasteiger partial charge in [-0.25, -0.2) is 4.68 Å². The van der Waals surface area contributed by atoms with E-state index in [1.165, 1.54) is 10.7 Å². The van der Waals surface area contributed by atoms with Crippen molar-refractivity contribution in [2.24, 2.45) is 5.73 Å². The molecule has 0 fully saturated rings. The molecule has 114 valence electrons. The number of nitrogens with two attached hydrogens (primary N) is 1. The third-order valence-electron chi connectivity index (χ3n) is 3.23. The number of hydrogen-bond acceptors (Lipinski definition) is 2. The molecule has 3 nitrogen and oxygen atoms in total. The van der Waals surface area contributed by atoms with Gasteiger partial charge in [-0.1, -0.05) is 17.7 Å². The minimum Gasteiger partial charge on any atom is -0.330 e. The third-order valence-corrected chi connectivity index (χ3v) is 3.78. The lowest BCUT2D eigenvalue weighted by molar-refractivity contribution is -0.137. The van der Waals surface area contributed by atoms with Gasteiger partial charge in [0.15, 0.2) is 0 Å². The molecule has 0 saturated carbocycles. The Bertz CT molecular complexity index is 662. The molecule has 0 saturated heterocycles. The number of halogens is 4. The highest BCUT2D eigenvalue weighted by Gasteiger charge is 2.35. The Morgan fingerprint density at radius 2 is 1.95 bits per heavy atom. The number of alkyl halides is 3. The minimum absolute atomic E-state index is 0.0317. The number of aromatic nitrogens is 2. The first-order chi connectivity index (χ1) is 9.75. The summed E-state index contributed by atoms with van der Waals surface area (Å²) in [5, 5.41) is 4.46. The van der Waals surface area contributed by atoms with Crippen molar-refractivity contribution in [3.8, 4) is 5.69 Å². The van der Waals surface area contributed by atoms with Crippen molar-refractivity contribution < 1.29 is 13.2 Å². The van der Waals surface area contributed by atoms with Gasteiger partial charge in [-0.15, -0.1) is 0 Å². The van der Waals surface area contributed by atoms with Gasteiger partial charge < -0.3 is 5.73 Å². The number of nitrogens with zero attached hydrogens (tertiary/aromatic N) is 2. The lowest BCUT2D eigenvalue weighted by Crippen LogP contribution is -2.14. The predicted molar refractivity (Wildman–Crippen MR) is 75.8 cm³/mol. The van der Waals surface area contributed by atoms with Gasteiger partial charge in [0.25, 0.3) is 0 Å². The van der Waals surface area contributed by atoms with Crippen LogP contribution in [0.1, 0.15) is 22.5 Å². The van der Waals surface area contributed by atoms with E-state index in [1.807, 2.05) is 0 Å². The van der Waals surface area contributed by atoms with Crippen molar-refractivity contribution in [1.29, 1.82) is 0 Å². The molecule has 0 amide bonds. The zero-order valence-electron chi connectivity index (χ0n) is 11.6. The molecule has 0 radical (unpaired) electrons. The van der Waals surface area contributed by atoms with Crippen molar-refractivity contribution >= 4 is 11.6 Å². The Balaban J connectivity index is 2.65. The summed E-state index contributed by atoms with van der Waals surface area (Å²) in [7, 11) is 0. The molecule has 0 aliphatic carbocycles. The summed E-state index contributed by atoms with van der Waals surface area (Å²) in [6.45, 7) is 3.58. The van der Waals surface area contributed by atoms with Gasteiger partial charge in [-0.3, -0.25) is 0 Å². The fourth-order valence-corrected chi connectivity index (χ4v) is 2.29. The van der Waals surface area contributed by atoms with Gasteiger partial charge in [0, 0.05) is 0 Å². The molecule has 21 heavy (non-hydrogen) atoms. The fraction of sp³-hybridized carbons (Fsp3) is 0.357. The summed E-state index contributed by atoms with van der Waals surface area (Å²) in [6.07, 6.45) is -4.08. The quantitative estimate of drug-likeness (QED) is 0.939. The molecule has 2 N–H and O–H groups in total. The SMILES string of the molecule is Cc1nn(-c2ccc(CCN)cc2C(F)(F)F)c(C)c1Cl. The van der Waals surface area contributed by atoms with Crippen LogP contribution in [0.15, 0.2) is 18.2 Å². The third kappa shape index (κ3) is 3.06. The molecule has 1 heterocycles. The van der Waals surface area contributed by atoms with Gasteiger partial charge in [0.05, 0.1) is 27.7 Å². The van der Waals surface area contributed by atoms with E-state index in [0.717, 1.165) is 6.07 Å². The Morgan fingerprint density at radius 3 is 2.43 bits per heavy atom. The molecule has 0 aliphatic heterocycles. The van der Waals surface area contributed by atoms with Gasteiger partial charge >= 0.3 is 6.18 Å². The molecular formula is C14H15ClF3N3. The summed E-state index contributed by atoms with van der Waals surface area (Å²) >= 11 is 6.01. The molecule has 0 unspecified atom stereocenters. The van der Waals surface area contributed by atoms with Crippen molar-refractivity contribution in [2.75, 3.05) is 6.54 Å². The van der Waals surface area contributed by atoms with Crippen LogP contribution in [0.3, 0.4) is 0 Å². The highest BCUT2D eigenvalue weighted by molar-refractivity contribution is 6.31. The smallest absolute Gasteiger partial charge is 0.330 e. The Labute approximate surface area is 125 Å². The highest BCUT2D eigenvalue weighted by atomic mass is 35.5. The predicted octanol–water partition coefficient (Wildman–Crippen LogP) is 3.66. The van der Waals surface area contributed by atoms with E-state index in [0.29, 0.717) is 34.9 Å². The minimum atomic E-state index is -4.47. The first kappa shape index (κ1) is 15.9. The molecule has 0 atom stereocenters. The molecule has 1 aromatic heterocycles. The van der Waals surface area contributed by atoms with Crippen LogP contribution >= 0.6 is 11.6 Å². The number of aryl methyl sites for hydroxylation is 1. The zero-order valence-corrected chi connectivity index (χ0v) is 12.4. The second-order valence-corrected chi connectivity index (χ2v) is 5.16. The van der Waals surface area contributed by atoms with E-state index in [4.69, 9.17) is 17.3 Å². The van der Waals surface area contributed by atoms with Gasteiger partial charge in [0.1, 0.15) is 0 Å². The maximum absolute atomic E-state index is 13.3. The summed E-state index contributed by atoms with van der Waals surface area (Å²) in [5.74, 6) is 0. The second-order valence-electron chi connectivity index (χ2n) is 4.78. The topological polar surface area (TPSA) is 43.8 Å². The molecule has 1 aromatic carbocycles. The van der Waals surface area contributed by atoms with Gasteiger partial charge in [-0.05, 0) is 44.5 Å². The molecule has 0 spiro atoms. The lowest BCUT2D eigenvalue weighted by atomic mass is 10.1. The van der Waals surface area contributed by atoms with Crippen LogP contribution in [-0.4, -0.2) is 16.3 Å². The highest BCUT2D eigenvalue weighted by Crippen LogP contribution is 2.36. The van der Waals surface area contributed by atoms with Crippen LogP contribution < -0.4 is 5.73 Å². The standard InChI is InChI=1S/C14H15ClF3N3/c1-8-13(15)9(2)21(20-8)12-4-3-10(5-6-19)7-11(12)14(16,17)18/h3-4,7H,5-6,19H2,1-2H3. The van der Waals surface area contributed by atoms with E-state index in [-0.39, 0.29) is 5.69 Å². The second kappa shape index (κ2) is 5.69. The van der Waals surface area contributed by atoms with Crippen LogP contribution in [0.5, 0.6) is 0 Å². The Morgan fingerprint density at radius 1 is 1.29 bits per heavy atom. The van der Waals surface area contributed by atoms with Crippen molar-refractivity contribution in [2.45, 2.75) is 26.4 Å².